The Balaban J connectivity index is 1.36. The van der Waals surface area contributed by atoms with E-state index in [1.54, 1.807) is 0 Å². The lowest BCUT2D eigenvalue weighted by Gasteiger charge is -2.22. The minimum Gasteiger partial charge on any atom is -0.311 e. The molecule has 1 heterocycles. The van der Waals surface area contributed by atoms with Gasteiger partial charge < -0.3 is 5.32 Å². The minimum absolute atomic E-state index is 0.662. The Morgan fingerprint density at radius 3 is 2.48 bits per heavy atom. The van der Waals surface area contributed by atoms with Gasteiger partial charge in [-0.2, -0.15) is 5.10 Å². The van der Waals surface area contributed by atoms with Crippen molar-refractivity contribution in [1.82, 2.24) is 15.1 Å². The zero-order valence-electron chi connectivity index (χ0n) is 13.4. The largest absolute Gasteiger partial charge is 0.311 e. The second-order valence-electron chi connectivity index (χ2n) is 7.05. The number of hydrogen-bond acceptors (Lipinski definition) is 2. The van der Waals surface area contributed by atoms with E-state index in [1.165, 1.54) is 76.3 Å². The molecule has 21 heavy (non-hydrogen) atoms. The first-order valence-corrected chi connectivity index (χ1v) is 9.16. The van der Waals surface area contributed by atoms with Crippen molar-refractivity contribution < 1.29 is 0 Å². The normalized spacial score (nSPS) is 21.7. The average Bonchev–Trinajstić information content (AvgIpc) is 3.02. The van der Waals surface area contributed by atoms with Gasteiger partial charge in [-0.3, -0.25) is 4.68 Å². The smallest absolute Gasteiger partial charge is 0.0762 e. The summed E-state index contributed by atoms with van der Waals surface area (Å²) in [6, 6.07) is 2.86. The van der Waals surface area contributed by atoms with Crippen LogP contribution >= 0.6 is 0 Å². The lowest BCUT2D eigenvalue weighted by atomic mass is 9.87. The number of nitrogens with one attached hydrogen (secondary N) is 1. The fourth-order valence-electron chi connectivity index (χ4n) is 4.02. The van der Waals surface area contributed by atoms with Crippen LogP contribution in [-0.4, -0.2) is 16.3 Å². The van der Waals surface area contributed by atoms with E-state index in [4.69, 9.17) is 5.10 Å². The molecular weight excluding hydrogens is 258 g/mol. The summed E-state index contributed by atoms with van der Waals surface area (Å²) in [5.74, 6) is 0.978. The van der Waals surface area contributed by atoms with Crippen molar-refractivity contribution in [2.45, 2.75) is 83.2 Å². The third-order valence-corrected chi connectivity index (χ3v) is 5.37. The highest BCUT2D eigenvalue weighted by molar-refractivity contribution is 4.99. The zero-order chi connectivity index (χ0) is 14.3. The van der Waals surface area contributed by atoms with E-state index >= 15 is 0 Å². The monoisotopic (exact) mass is 289 g/mol. The molecule has 1 aromatic heterocycles. The van der Waals surface area contributed by atoms with Crippen LogP contribution in [0.2, 0.25) is 0 Å². The van der Waals surface area contributed by atoms with Gasteiger partial charge in [0.05, 0.1) is 11.7 Å². The summed E-state index contributed by atoms with van der Waals surface area (Å²) in [5.41, 5.74) is 1.21. The van der Waals surface area contributed by atoms with Crippen LogP contribution in [0.15, 0.2) is 12.3 Å². The van der Waals surface area contributed by atoms with Crippen LogP contribution in [0.25, 0.3) is 0 Å². The van der Waals surface area contributed by atoms with Crippen LogP contribution in [-0.2, 0) is 6.54 Å². The van der Waals surface area contributed by atoms with Crippen LogP contribution in [0.4, 0.5) is 0 Å². The molecule has 0 aliphatic heterocycles. The Morgan fingerprint density at radius 1 is 1.00 bits per heavy atom. The molecule has 3 heteroatoms. The minimum atomic E-state index is 0.662. The van der Waals surface area contributed by atoms with Crippen molar-refractivity contribution in [2.75, 3.05) is 6.54 Å². The lowest BCUT2D eigenvalue weighted by Crippen LogP contribution is -2.20. The van der Waals surface area contributed by atoms with Crippen molar-refractivity contribution in [3.05, 3.63) is 18.0 Å². The highest BCUT2D eigenvalue weighted by atomic mass is 15.3. The van der Waals surface area contributed by atoms with E-state index in [1.807, 2.05) is 0 Å². The first-order valence-electron chi connectivity index (χ1n) is 9.16. The van der Waals surface area contributed by atoms with Crippen molar-refractivity contribution in [3.8, 4) is 0 Å². The van der Waals surface area contributed by atoms with Gasteiger partial charge in [0.2, 0.25) is 0 Å². The molecule has 1 N–H and O–H groups in total. The Labute approximate surface area is 129 Å². The summed E-state index contributed by atoms with van der Waals surface area (Å²) < 4.78 is 2.22. The lowest BCUT2D eigenvalue weighted by molar-refractivity contribution is 0.325. The Morgan fingerprint density at radius 2 is 1.71 bits per heavy atom. The Hall–Kier alpha value is -0.830. The molecular formula is C18H31N3. The second-order valence-corrected chi connectivity index (χ2v) is 7.05. The molecule has 0 unspecified atom stereocenters. The van der Waals surface area contributed by atoms with Crippen LogP contribution < -0.4 is 5.32 Å². The molecule has 2 fully saturated rings. The Bertz CT molecular complexity index is 400. The van der Waals surface area contributed by atoms with Gasteiger partial charge in [-0.05, 0) is 37.8 Å². The van der Waals surface area contributed by atoms with Crippen molar-refractivity contribution in [2.24, 2.45) is 5.92 Å². The van der Waals surface area contributed by atoms with Gasteiger partial charge >= 0.3 is 0 Å². The SMILES string of the molecule is c1cn(C2CCCCC2)nc1CNCCC1CCCCC1. The maximum atomic E-state index is 4.77. The summed E-state index contributed by atoms with van der Waals surface area (Å²) >= 11 is 0. The van der Waals surface area contributed by atoms with Gasteiger partial charge in [-0.15, -0.1) is 0 Å². The summed E-state index contributed by atoms with van der Waals surface area (Å²) in [6.07, 6.45) is 17.6. The predicted octanol–water partition coefficient (Wildman–Crippen LogP) is 4.45. The van der Waals surface area contributed by atoms with E-state index in [-0.39, 0.29) is 0 Å². The summed E-state index contributed by atoms with van der Waals surface area (Å²) in [7, 11) is 0. The molecule has 1 aromatic rings. The number of nitrogens with zero attached hydrogens (tertiary/aromatic N) is 2. The molecule has 3 rings (SSSR count). The van der Waals surface area contributed by atoms with E-state index < -0.39 is 0 Å². The van der Waals surface area contributed by atoms with E-state index in [2.05, 4.69) is 22.3 Å². The number of aromatic nitrogens is 2. The molecule has 3 nitrogen and oxygen atoms in total. The first kappa shape index (κ1) is 15.1. The molecule has 118 valence electrons. The van der Waals surface area contributed by atoms with Gasteiger partial charge in [0, 0.05) is 12.7 Å². The third-order valence-electron chi connectivity index (χ3n) is 5.37. The van der Waals surface area contributed by atoms with Crippen LogP contribution in [0.5, 0.6) is 0 Å². The summed E-state index contributed by atoms with van der Waals surface area (Å²) in [6.45, 7) is 2.09. The third kappa shape index (κ3) is 4.57. The summed E-state index contributed by atoms with van der Waals surface area (Å²) in [4.78, 5) is 0. The second kappa shape index (κ2) is 7.98. The van der Waals surface area contributed by atoms with Crippen LogP contribution in [0.3, 0.4) is 0 Å². The molecule has 0 amide bonds. The highest BCUT2D eigenvalue weighted by Gasteiger charge is 2.16. The quantitative estimate of drug-likeness (QED) is 0.784. The maximum absolute atomic E-state index is 4.77. The molecule has 0 spiro atoms. The molecule has 0 atom stereocenters. The standard InChI is InChI=1S/C18H31N3/c1-3-7-16(8-4-1)11-13-19-15-17-12-14-21(20-17)18-9-5-2-6-10-18/h12,14,16,18-19H,1-11,13,15H2. The summed E-state index contributed by atoms with van der Waals surface area (Å²) in [5, 5.41) is 8.36. The Kier molecular flexibility index (Phi) is 5.73. The van der Waals surface area contributed by atoms with Gasteiger partial charge in [0.25, 0.3) is 0 Å². The topological polar surface area (TPSA) is 29.9 Å². The van der Waals surface area contributed by atoms with Crippen molar-refractivity contribution in [1.29, 1.82) is 0 Å². The molecule has 0 bridgehead atoms. The van der Waals surface area contributed by atoms with Gasteiger partial charge in [0.1, 0.15) is 0 Å². The molecule has 2 aliphatic rings. The van der Waals surface area contributed by atoms with E-state index in [0.29, 0.717) is 6.04 Å². The van der Waals surface area contributed by atoms with Crippen molar-refractivity contribution >= 4 is 0 Å². The van der Waals surface area contributed by atoms with E-state index in [0.717, 1.165) is 19.0 Å². The highest BCUT2D eigenvalue weighted by Crippen LogP contribution is 2.27. The predicted molar refractivity (Wildman–Crippen MR) is 87.2 cm³/mol. The molecule has 0 radical (unpaired) electrons. The van der Waals surface area contributed by atoms with Gasteiger partial charge in [-0.1, -0.05) is 51.4 Å². The number of hydrogen-bond donors (Lipinski definition) is 1. The van der Waals surface area contributed by atoms with Gasteiger partial charge in [0.15, 0.2) is 0 Å². The van der Waals surface area contributed by atoms with Gasteiger partial charge in [-0.25, -0.2) is 0 Å². The van der Waals surface area contributed by atoms with Crippen LogP contribution in [0, 0.1) is 5.92 Å². The fourth-order valence-corrected chi connectivity index (χ4v) is 4.02. The maximum Gasteiger partial charge on any atom is 0.0762 e. The first-order chi connectivity index (χ1) is 10.4. The molecule has 2 saturated carbocycles. The van der Waals surface area contributed by atoms with Crippen molar-refractivity contribution in [3.63, 3.8) is 0 Å². The molecule has 2 aliphatic carbocycles. The fraction of sp³-hybridized carbons (Fsp3) is 0.833. The number of rotatable bonds is 6. The molecule has 0 saturated heterocycles. The van der Waals surface area contributed by atoms with Crippen LogP contribution in [0.1, 0.15) is 82.4 Å². The zero-order valence-corrected chi connectivity index (χ0v) is 13.4. The molecule has 0 aromatic carbocycles. The van der Waals surface area contributed by atoms with E-state index in [9.17, 15) is 0 Å². The average molecular weight is 289 g/mol.